The lowest BCUT2D eigenvalue weighted by atomic mass is 9.94. The van der Waals surface area contributed by atoms with Gasteiger partial charge in [0.2, 0.25) is 5.95 Å². The molecule has 2 aromatic rings. The van der Waals surface area contributed by atoms with Crippen LogP contribution in [0.3, 0.4) is 0 Å². The normalized spacial score (nSPS) is 19.7. The van der Waals surface area contributed by atoms with Crippen LogP contribution in [0.15, 0.2) is 48.8 Å². The molecule has 1 aromatic heterocycles. The Morgan fingerprint density at radius 3 is 2.65 bits per heavy atom. The maximum atomic E-state index is 5.49. The van der Waals surface area contributed by atoms with Crippen LogP contribution < -0.4 is 5.32 Å². The van der Waals surface area contributed by atoms with E-state index in [0.717, 1.165) is 26.1 Å². The van der Waals surface area contributed by atoms with Gasteiger partial charge in [-0.1, -0.05) is 30.3 Å². The van der Waals surface area contributed by atoms with Crippen molar-refractivity contribution in [1.29, 1.82) is 0 Å². The van der Waals surface area contributed by atoms with Crippen LogP contribution in [0.1, 0.15) is 24.4 Å². The molecule has 4 nitrogen and oxygen atoms in total. The number of nitrogens with one attached hydrogen (secondary N) is 1. The molecule has 1 aliphatic rings. The van der Waals surface area contributed by atoms with E-state index in [1.807, 2.05) is 12.1 Å². The van der Waals surface area contributed by atoms with E-state index in [9.17, 15) is 0 Å². The quantitative estimate of drug-likeness (QED) is 0.906. The second kappa shape index (κ2) is 6.48. The smallest absolute Gasteiger partial charge is 0.223 e. The van der Waals surface area contributed by atoms with Crippen LogP contribution in [-0.4, -0.2) is 23.2 Å². The van der Waals surface area contributed by atoms with Gasteiger partial charge in [-0.3, -0.25) is 0 Å². The van der Waals surface area contributed by atoms with Gasteiger partial charge in [0.15, 0.2) is 0 Å². The number of aromatic nitrogens is 2. The third-order valence-electron chi connectivity index (χ3n) is 3.66. The third-order valence-corrected chi connectivity index (χ3v) is 3.66. The largest absolute Gasteiger partial charge is 0.381 e. The molecule has 0 spiro atoms. The molecule has 3 rings (SSSR count). The topological polar surface area (TPSA) is 47.0 Å². The van der Waals surface area contributed by atoms with Gasteiger partial charge in [0.25, 0.3) is 0 Å². The summed E-state index contributed by atoms with van der Waals surface area (Å²) in [6.07, 6.45) is 5.70. The summed E-state index contributed by atoms with van der Waals surface area (Å²) < 4.78 is 5.49. The fourth-order valence-corrected chi connectivity index (χ4v) is 2.60. The molecule has 0 saturated carbocycles. The van der Waals surface area contributed by atoms with Crippen molar-refractivity contribution in [1.82, 2.24) is 9.97 Å². The molecular weight excluding hydrogens is 250 g/mol. The standard InChI is InChI=1S/C16H19N3O/c1-2-5-14(6-3-1)15(11-13-7-10-20-12-13)19-16-17-8-4-9-18-16/h1-6,8-9,13,15H,7,10-12H2,(H,17,18,19)/t13-,15-/m1/s1. The molecule has 0 bridgehead atoms. The van der Waals surface area contributed by atoms with Crippen LogP contribution in [0, 0.1) is 5.92 Å². The maximum absolute atomic E-state index is 5.49. The molecule has 20 heavy (non-hydrogen) atoms. The minimum Gasteiger partial charge on any atom is -0.381 e. The van der Waals surface area contributed by atoms with Crippen LogP contribution in [0.2, 0.25) is 0 Å². The monoisotopic (exact) mass is 269 g/mol. The van der Waals surface area contributed by atoms with E-state index < -0.39 is 0 Å². The van der Waals surface area contributed by atoms with Crippen molar-refractivity contribution < 1.29 is 4.74 Å². The zero-order chi connectivity index (χ0) is 13.6. The Balaban J connectivity index is 1.76. The van der Waals surface area contributed by atoms with Crippen molar-refractivity contribution in [3.8, 4) is 0 Å². The molecule has 0 radical (unpaired) electrons. The summed E-state index contributed by atoms with van der Waals surface area (Å²) in [7, 11) is 0. The molecule has 1 aliphatic heterocycles. The van der Waals surface area contributed by atoms with Gasteiger partial charge in [0.1, 0.15) is 0 Å². The minimum absolute atomic E-state index is 0.227. The highest BCUT2D eigenvalue weighted by molar-refractivity contribution is 5.31. The second-order valence-corrected chi connectivity index (χ2v) is 5.15. The first-order chi connectivity index (χ1) is 9.92. The summed E-state index contributed by atoms with van der Waals surface area (Å²) in [4.78, 5) is 8.53. The number of hydrogen-bond acceptors (Lipinski definition) is 4. The molecule has 104 valence electrons. The number of hydrogen-bond donors (Lipinski definition) is 1. The fourth-order valence-electron chi connectivity index (χ4n) is 2.60. The number of ether oxygens (including phenoxy) is 1. The average molecular weight is 269 g/mol. The van der Waals surface area contributed by atoms with E-state index in [1.165, 1.54) is 5.56 Å². The number of benzene rings is 1. The first-order valence-corrected chi connectivity index (χ1v) is 7.08. The van der Waals surface area contributed by atoms with Gasteiger partial charge < -0.3 is 10.1 Å². The van der Waals surface area contributed by atoms with Crippen molar-refractivity contribution in [3.63, 3.8) is 0 Å². The van der Waals surface area contributed by atoms with E-state index >= 15 is 0 Å². The van der Waals surface area contributed by atoms with E-state index in [4.69, 9.17) is 4.74 Å². The molecule has 1 fully saturated rings. The van der Waals surface area contributed by atoms with Crippen molar-refractivity contribution in [2.24, 2.45) is 5.92 Å². The highest BCUT2D eigenvalue weighted by atomic mass is 16.5. The van der Waals surface area contributed by atoms with Crippen LogP contribution in [0.4, 0.5) is 5.95 Å². The summed E-state index contributed by atoms with van der Waals surface area (Å²) in [5.41, 5.74) is 1.27. The molecule has 2 atom stereocenters. The zero-order valence-electron chi connectivity index (χ0n) is 11.4. The molecule has 4 heteroatoms. The van der Waals surface area contributed by atoms with E-state index in [0.29, 0.717) is 11.9 Å². The fraction of sp³-hybridized carbons (Fsp3) is 0.375. The second-order valence-electron chi connectivity index (χ2n) is 5.15. The Morgan fingerprint density at radius 2 is 1.95 bits per heavy atom. The first kappa shape index (κ1) is 13.1. The molecule has 0 amide bonds. The predicted octanol–water partition coefficient (Wildman–Crippen LogP) is 3.06. The van der Waals surface area contributed by atoms with Gasteiger partial charge in [0, 0.05) is 25.6 Å². The van der Waals surface area contributed by atoms with E-state index in [2.05, 4.69) is 39.6 Å². The highest BCUT2D eigenvalue weighted by Crippen LogP contribution is 2.28. The Labute approximate surface area is 119 Å². The van der Waals surface area contributed by atoms with Gasteiger partial charge >= 0.3 is 0 Å². The van der Waals surface area contributed by atoms with Crippen molar-refractivity contribution >= 4 is 5.95 Å². The summed E-state index contributed by atoms with van der Waals surface area (Å²) >= 11 is 0. The van der Waals surface area contributed by atoms with Crippen LogP contribution in [0.5, 0.6) is 0 Å². The molecule has 2 heterocycles. The molecular formula is C16H19N3O. The Kier molecular flexibility index (Phi) is 4.23. The van der Waals surface area contributed by atoms with Crippen molar-refractivity contribution in [3.05, 3.63) is 54.4 Å². The van der Waals surface area contributed by atoms with Gasteiger partial charge in [-0.2, -0.15) is 0 Å². The van der Waals surface area contributed by atoms with Gasteiger partial charge in [-0.05, 0) is 30.4 Å². The zero-order valence-corrected chi connectivity index (χ0v) is 11.4. The lowest BCUT2D eigenvalue weighted by Gasteiger charge is -2.21. The number of anilines is 1. The Bertz CT molecular complexity index is 512. The van der Waals surface area contributed by atoms with Crippen LogP contribution in [-0.2, 0) is 4.74 Å². The summed E-state index contributed by atoms with van der Waals surface area (Å²) in [5.74, 6) is 1.29. The maximum Gasteiger partial charge on any atom is 0.223 e. The predicted molar refractivity (Wildman–Crippen MR) is 78.4 cm³/mol. The van der Waals surface area contributed by atoms with Gasteiger partial charge in [-0.15, -0.1) is 0 Å². The lowest BCUT2D eigenvalue weighted by Crippen LogP contribution is -2.17. The van der Waals surface area contributed by atoms with Crippen molar-refractivity contribution in [2.75, 3.05) is 18.5 Å². The summed E-state index contributed by atoms with van der Waals surface area (Å²) in [6.45, 7) is 1.74. The molecule has 0 aliphatic carbocycles. The molecule has 1 aromatic carbocycles. The number of nitrogens with zero attached hydrogens (tertiary/aromatic N) is 2. The first-order valence-electron chi connectivity index (χ1n) is 7.08. The summed E-state index contributed by atoms with van der Waals surface area (Å²) in [5, 5.41) is 3.44. The Morgan fingerprint density at radius 1 is 1.15 bits per heavy atom. The minimum atomic E-state index is 0.227. The number of rotatable bonds is 5. The van der Waals surface area contributed by atoms with Crippen LogP contribution in [0.25, 0.3) is 0 Å². The molecule has 1 N–H and O–H groups in total. The van der Waals surface area contributed by atoms with Crippen molar-refractivity contribution in [2.45, 2.75) is 18.9 Å². The Hall–Kier alpha value is -1.94. The third kappa shape index (κ3) is 3.33. The summed E-state index contributed by atoms with van der Waals surface area (Å²) in [6, 6.07) is 12.5. The van der Waals surface area contributed by atoms with Crippen LogP contribution >= 0.6 is 0 Å². The SMILES string of the molecule is c1ccc([C@@H](C[C@H]2CCOC2)Nc2ncccn2)cc1. The van der Waals surface area contributed by atoms with Gasteiger partial charge in [-0.25, -0.2) is 9.97 Å². The molecule has 1 saturated heterocycles. The van der Waals surface area contributed by atoms with Gasteiger partial charge in [0.05, 0.1) is 6.04 Å². The molecule has 0 unspecified atom stereocenters. The average Bonchev–Trinajstić information content (AvgIpc) is 3.02. The highest BCUT2D eigenvalue weighted by Gasteiger charge is 2.22. The van der Waals surface area contributed by atoms with E-state index in [-0.39, 0.29) is 6.04 Å². The lowest BCUT2D eigenvalue weighted by molar-refractivity contribution is 0.183. The van der Waals surface area contributed by atoms with E-state index in [1.54, 1.807) is 12.4 Å².